The highest BCUT2D eigenvalue weighted by molar-refractivity contribution is 5.07. The summed E-state index contributed by atoms with van der Waals surface area (Å²) in [6, 6.07) is 0.834. The lowest BCUT2D eigenvalue weighted by Crippen LogP contribution is -2.39. The molecule has 0 aromatic rings. The van der Waals surface area contributed by atoms with Gasteiger partial charge in [0.15, 0.2) is 0 Å². The summed E-state index contributed by atoms with van der Waals surface area (Å²) in [4.78, 5) is 0. The second kappa shape index (κ2) is 4.86. The van der Waals surface area contributed by atoms with Crippen molar-refractivity contribution < 1.29 is 0 Å². The third-order valence-electron chi connectivity index (χ3n) is 4.88. The smallest absolute Gasteiger partial charge is 0.0129 e. The molecule has 0 aromatic heterocycles. The molecule has 2 saturated carbocycles. The van der Waals surface area contributed by atoms with Crippen molar-refractivity contribution >= 4 is 0 Å². The van der Waals surface area contributed by atoms with Gasteiger partial charge in [0.1, 0.15) is 0 Å². The molecular formula is C14H27N. The van der Waals surface area contributed by atoms with Crippen LogP contribution in [0, 0.1) is 23.7 Å². The van der Waals surface area contributed by atoms with Crippen LogP contribution in [0.25, 0.3) is 0 Å². The van der Waals surface area contributed by atoms with Gasteiger partial charge in [0.05, 0.1) is 0 Å². The fourth-order valence-electron chi connectivity index (χ4n) is 4.06. The first-order valence-electron chi connectivity index (χ1n) is 7.06. The molecule has 0 spiro atoms. The Hall–Kier alpha value is -0.0400. The van der Waals surface area contributed by atoms with E-state index in [1.54, 1.807) is 0 Å². The first-order valence-corrected chi connectivity index (χ1v) is 7.06. The molecule has 0 heterocycles. The van der Waals surface area contributed by atoms with E-state index in [0.29, 0.717) is 0 Å². The number of rotatable bonds is 6. The summed E-state index contributed by atoms with van der Waals surface area (Å²) in [5.74, 6) is 4.17. The van der Waals surface area contributed by atoms with Crippen molar-refractivity contribution in [1.82, 2.24) is 5.32 Å². The fourth-order valence-corrected chi connectivity index (χ4v) is 4.06. The lowest BCUT2D eigenvalue weighted by Gasteiger charge is -2.27. The van der Waals surface area contributed by atoms with Gasteiger partial charge in [-0.2, -0.15) is 0 Å². The van der Waals surface area contributed by atoms with E-state index in [1.165, 1.54) is 32.1 Å². The number of fused-ring (bicyclic) bond motifs is 1. The predicted octanol–water partition coefficient (Wildman–Crippen LogP) is 3.45. The van der Waals surface area contributed by atoms with Gasteiger partial charge in [-0.15, -0.1) is 0 Å². The Balaban J connectivity index is 1.94. The molecule has 1 nitrogen and oxygen atoms in total. The van der Waals surface area contributed by atoms with E-state index in [2.05, 4.69) is 26.1 Å². The quantitative estimate of drug-likeness (QED) is 0.706. The van der Waals surface area contributed by atoms with Gasteiger partial charge in [0.25, 0.3) is 0 Å². The van der Waals surface area contributed by atoms with Crippen molar-refractivity contribution in [2.45, 2.75) is 58.9 Å². The van der Waals surface area contributed by atoms with E-state index in [-0.39, 0.29) is 0 Å². The molecule has 0 amide bonds. The van der Waals surface area contributed by atoms with Gasteiger partial charge in [-0.25, -0.2) is 0 Å². The number of hydrogen-bond donors (Lipinski definition) is 1. The Morgan fingerprint density at radius 1 is 1.07 bits per heavy atom. The van der Waals surface area contributed by atoms with Gasteiger partial charge in [-0.3, -0.25) is 0 Å². The minimum Gasteiger partial charge on any atom is -0.314 e. The highest BCUT2D eigenvalue weighted by Crippen LogP contribution is 2.60. The SMILES string of the molecule is CCNC(C(CC)CC)C1C2CCCC21. The van der Waals surface area contributed by atoms with Crippen LogP contribution in [0.2, 0.25) is 0 Å². The molecule has 0 saturated heterocycles. The van der Waals surface area contributed by atoms with E-state index in [0.717, 1.165) is 36.3 Å². The fraction of sp³-hybridized carbons (Fsp3) is 1.00. The molecule has 0 aliphatic heterocycles. The van der Waals surface area contributed by atoms with Crippen molar-refractivity contribution in [3.8, 4) is 0 Å². The monoisotopic (exact) mass is 209 g/mol. The molecule has 3 unspecified atom stereocenters. The van der Waals surface area contributed by atoms with Crippen LogP contribution in [-0.4, -0.2) is 12.6 Å². The molecule has 1 heteroatoms. The van der Waals surface area contributed by atoms with Crippen molar-refractivity contribution in [3.63, 3.8) is 0 Å². The van der Waals surface area contributed by atoms with E-state index in [4.69, 9.17) is 0 Å². The van der Waals surface area contributed by atoms with Crippen LogP contribution in [0.1, 0.15) is 52.9 Å². The Kier molecular flexibility index (Phi) is 3.71. The maximum absolute atomic E-state index is 3.78. The summed E-state index contributed by atoms with van der Waals surface area (Å²) in [5, 5.41) is 3.78. The molecule has 0 aromatic carbocycles. The van der Waals surface area contributed by atoms with Crippen LogP contribution < -0.4 is 5.32 Å². The first kappa shape index (κ1) is 11.4. The summed E-state index contributed by atoms with van der Waals surface area (Å²) >= 11 is 0. The van der Waals surface area contributed by atoms with E-state index in [9.17, 15) is 0 Å². The van der Waals surface area contributed by atoms with Gasteiger partial charge in [0, 0.05) is 6.04 Å². The molecule has 2 aliphatic carbocycles. The Morgan fingerprint density at radius 2 is 1.67 bits per heavy atom. The Bertz CT molecular complexity index is 188. The van der Waals surface area contributed by atoms with Gasteiger partial charge in [-0.1, -0.05) is 40.0 Å². The zero-order valence-corrected chi connectivity index (χ0v) is 10.6. The van der Waals surface area contributed by atoms with Crippen molar-refractivity contribution in [3.05, 3.63) is 0 Å². The highest BCUT2D eigenvalue weighted by atomic mass is 14.9. The molecule has 0 bridgehead atoms. The Labute approximate surface area is 95.0 Å². The van der Waals surface area contributed by atoms with E-state index < -0.39 is 0 Å². The van der Waals surface area contributed by atoms with Crippen LogP contribution >= 0.6 is 0 Å². The minimum atomic E-state index is 0.834. The van der Waals surface area contributed by atoms with Gasteiger partial charge >= 0.3 is 0 Å². The van der Waals surface area contributed by atoms with Gasteiger partial charge in [-0.05, 0) is 43.1 Å². The van der Waals surface area contributed by atoms with Gasteiger partial charge in [0.2, 0.25) is 0 Å². The molecule has 2 fully saturated rings. The first-order chi connectivity index (χ1) is 7.33. The predicted molar refractivity (Wildman–Crippen MR) is 65.9 cm³/mol. The largest absolute Gasteiger partial charge is 0.314 e. The van der Waals surface area contributed by atoms with Crippen LogP contribution in [-0.2, 0) is 0 Å². The second-order valence-electron chi connectivity index (χ2n) is 5.50. The maximum Gasteiger partial charge on any atom is 0.0129 e. The lowest BCUT2D eigenvalue weighted by molar-refractivity contribution is 0.282. The maximum atomic E-state index is 3.78. The van der Waals surface area contributed by atoms with Crippen LogP contribution in [0.5, 0.6) is 0 Å². The summed E-state index contributed by atoms with van der Waals surface area (Å²) in [6.45, 7) is 8.12. The molecule has 2 rings (SSSR count). The summed E-state index contributed by atoms with van der Waals surface area (Å²) in [5.41, 5.74) is 0. The summed E-state index contributed by atoms with van der Waals surface area (Å²) < 4.78 is 0. The third kappa shape index (κ3) is 2.08. The third-order valence-corrected chi connectivity index (χ3v) is 4.88. The standard InChI is InChI=1S/C14H27N/c1-4-10(5-2)14(15-6-3)13-11-8-7-9-12(11)13/h10-15H,4-9H2,1-3H3. The van der Waals surface area contributed by atoms with Crippen molar-refractivity contribution in [2.24, 2.45) is 23.7 Å². The van der Waals surface area contributed by atoms with E-state index in [1.807, 2.05) is 0 Å². The molecule has 0 radical (unpaired) electrons. The average Bonchev–Trinajstić information content (AvgIpc) is 2.72. The Morgan fingerprint density at radius 3 is 2.13 bits per heavy atom. The zero-order valence-electron chi connectivity index (χ0n) is 10.6. The van der Waals surface area contributed by atoms with Gasteiger partial charge < -0.3 is 5.32 Å². The number of nitrogens with one attached hydrogen (secondary N) is 1. The highest BCUT2D eigenvalue weighted by Gasteiger charge is 2.56. The molecule has 1 N–H and O–H groups in total. The number of hydrogen-bond acceptors (Lipinski definition) is 1. The van der Waals surface area contributed by atoms with E-state index >= 15 is 0 Å². The summed E-state index contributed by atoms with van der Waals surface area (Å²) in [6.07, 6.45) is 7.26. The topological polar surface area (TPSA) is 12.0 Å². The van der Waals surface area contributed by atoms with Crippen LogP contribution in [0.15, 0.2) is 0 Å². The molecular weight excluding hydrogens is 182 g/mol. The van der Waals surface area contributed by atoms with Crippen molar-refractivity contribution in [1.29, 1.82) is 0 Å². The normalized spacial score (nSPS) is 35.6. The molecule has 15 heavy (non-hydrogen) atoms. The molecule has 2 aliphatic rings. The zero-order chi connectivity index (χ0) is 10.8. The lowest BCUT2D eigenvalue weighted by atomic mass is 9.88. The molecule has 3 atom stereocenters. The average molecular weight is 209 g/mol. The van der Waals surface area contributed by atoms with Crippen LogP contribution in [0.4, 0.5) is 0 Å². The van der Waals surface area contributed by atoms with Crippen molar-refractivity contribution in [2.75, 3.05) is 6.54 Å². The second-order valence-corrected chi connectivity index (χ2v) is 5.50. The minimum absolute atomic E-state index is 0.834. The summed E-state index contributed by atoms with van der Waals surface area (Å²) in [7, 11) is 0. The van der Waals surface area contributed by atoms with Crippen LogP contribution in [0.3, 0.4) is 0 Å². The molecule has 88 valence electrons.